The van der Waals surface area contributed by atoms with E-state index >= 15 is 0 Å². The summed E-state index contributed by atoms with van der Waals surface area (Å²) >= 11 is 0. The zero-order valence-electron chi connectivity index (χ0n) is 15.7. The maximum atomic E-state index is 5.99. The van der Waals surface area contributed by atoms with Crippen LogP contribution in [0.1, 0.15) is 62.3 Å². The van der Waals surface area contributed by atoms with E-state index in [1.54, 1.807) is 0 Å². The highest BCUT2D eigenvalue weighted by molar-refractivity contribution is 5.85. The lowest BCUT2D eigenvalue weighted by Crippen LogP contribution is -2.05. The third kappa shape index (κ3) is 6.15. The molecule has 2 aromatic heterocycles. The minimum atomic E-state index is 0. The molecule has 2 rings (SSSR count). The minimum Gasteiger partial charge on any atom is -0.382 e. The molecule has 0 bridgehead atoms. The summed E-state index contributed by atoms with van der Waals surface area (Å²) in [6, 6.07) is 0. The zero-order chi connectivity index (χ0) is 16.8. The van der Waals surface area contributed by atoms with Crippen molar-refractivity contribution < 1.29 is 0 Å². The summed E-state index contributed by atoms with van der Waals surface area (Å²) in [5.74, 6) is 0.538. The van der Waals surface area contributed by atoms with Gasteiger partial charge in [-0.2, -0.15) is 5.10 Å². The van der Waals surface area contributed by atoms with Crippen LogP contribution in [0.5, 0.6) is 0 Å². The maximum absolute atomic E-state index is 5.99. The third-order valence-corrected chi connectivity index (χ3v) is 4.43. The van der Waals surface area contributed by atoms with E-state index in [0.717, 1.165) is 28.9 Å². The zero-order valence-corrected chi connectivity index (χ0v) is 17.3. The number of hydrogen-bond donors (Lipinski definition) is 1. The van der Waals surface area contributed by atoms with E-state index in [9.17, 15) is 0 Å². The first-order chi connectivity index (χ1) is 11.0. The quantitative estimate of drug-likeness (QED) is 0.658. The summed E-state index contributed by atoms with van der Waals surface area (Å²) in [4.78, 5) is 0. The summed E-state index contributed by atoms with van der Waals surface area (Å²) in [5.41, 5.74) is 11.3. The predicted molar refractivity (Wildman–Crippen MR) is 110 cm³/mol. The molecule has 0 unspecified atom stereocenters. The molecule has 0 aliphatic rings. The van der Waals surface area contributed by atoms with Crippen LogP contribution >= 0.6 is 24.8 Å². The lowest BCUT2D eigenvalue weighted by Gasteiger charge is -2.12. The Balaban J connectivity index is 0.00000288. The molecular formula is C18H31Cl2N5. The second kappa shape index (κ2) is 11.3. The molecule has 0 saturated carbocycles. The van der Waals surface area contributed by atoms with Gasteiger partial charge in [-0.05, 0) is 37.8 Å². The van der Waals surface area contributed by atoms with Crippen molar-refractivity contribution in [3.8, 4) is 11.3 Å². The molecule has 5 nitrogen and oxygen atoms in total. The molecule has 2 aromatic rings. The van der Waals surface area contributed by atoms with Crippen molar-refractivity contribution >= 4 is 30.6 Å². The van der Waals surface area contributed by atoms with Crippen molar-refractivity contribution in [2.45, 2.75) is 65.7 Å². The number of unbranched alkanes of at least 4 members (excludes halogenated alkanes) is 5. The first-order valence-corrected chi connectivity index (χ1v) is 8.66. The van der Waals surface area contributed by atoms with Gasteiger partial charge in [-0.1, -0.05) is 39.0 Å². The lowest BCUT2D eigenvalue weighted by molar-refractivity contribution is 0.606. The van der Waals surface area contributed by atoms with E-state index in [-0.39, 0.29) is 24.8 Å². The van der Waals surface area contributed by atoms with Gasteiger partial charge in [0.1, 0.15) is 5.82 Å². The molecule has 2 heterocycles. The van der Waals surface area contributed by atoms with Crippen LogP contribution in [0, 0.1) is 13.8 Å². The minimum absolute atomic E-state index is 0. The average molecular weight is 388 g/mol. The fourth-order valence-electron chi connectivity index (χ4n) is 3.01. The Morgan fingerprint density at radius 2 is 1.64 bits per heavy atom. The molecule has 0 amide bonds. The van der Waals surface area contributed by atoms with Gasteiger partial charge in [-0.15, -0.1) is 35.0 Å². The molecule has 25 heavy (non-hydrogen) atoms. The second-order valence-corrected chi connectivity index (χ2v) is 6.36. The number of halogens is 2. The number of hydrogen-bond acceptors (Lipinski definition) is 4. The molecule has 0 atom stereocenters. The Bertz CT molecular complexity index is 655. The van der Waals surface area contributed by atoms with E-state index < -0.39 is 0 Å². The van der Waals surface area contributed by atoms with Crippen molar-refractivity contribution in [1.29, 1.82) is 0 Å². The van der Waals surface area contributed by atoms with Crippen molar-refractivity contribution in [2.24, 2.45) is 7.05 Å². The van der Waals surface area contributed by atoms with Crippen LogP contribution in [0.2, 0.25) is 0 Å². The number of aromatic nitrogens is 4. The maximum Gasteiger partial charge on any atom is 0.149 e. The van der Waals surface area contributed by atoms with E-state index in [0.29, 0.717) is 5.82 Å². The SMILES string of the molecule is CCCCCCCCc1c(-c2cn(C)nc2C)nnc(N)c1C.Cl.Cl. The van der Waals surface area contributed by atoms with E-state index in [2.05, 4.69) is 22.2 Å². The molecule has 7 heteroatoms. The van der Waals surface area contributed by atoms with Gasteiger partial charge in [0.2, 0.25) is 0 Å². The predicted octanol–water partition coefficient (Wildman–Crippen LogP) is 4.82. The molecule has 0 aliphatic carbocycles. The first kappa shape index (κ1) is 23.7. The van der Waals surface area contributed by atoms with E-state index in [4.69, 9.17) is 5.73 Å². The Morgan fingerprint density at radius 1 is 1.00 bits per heavy atom. The standard InChI is InChI=1S/C18H29N5.2ClH/c1-5-6-7-8-9-10-11-15-13(2)18(19)21-20-17(15)16-12-23(4)22-14(16)3;;/h12H,5-11H2,1-4H3,(H2,19,21);2*1H. The summed E-state index contributed by atoms with van der Waals surface area (Å²) in [6.07, 6.45) is 10.7. The third-order valence-electron chi connectivity index (χ3n) is 4.43. The first-order valence-electron chi connectivity index (χ1n) is 8.66. The average Bonchev–Trinajstić information content (AvgIpc) is 2.85. The van der Waals surface area contributed by atoms with Crippen molar-refractivity contribution in [1.82, 2.24) is 20.0 Å². The summed E-state index contributed by atoms with van der Waals surface area (Å²) in [7, 11) is 1.93. The van der Waals surface area contributed by atoms with Gasteiger partial charge in [0.15, 0.2) is 0 Å². The van der Waals surface area contributed by atoms with Gasteiger partial charge in [-0.25, -0.2) is 0 Å². The van der Waals surface area contributed by atoms with Crippen LogP contribution in [-0.2, 0) is 13.5 Å². The number of rotatable bonds is 8. The largest absolute Gasteiger partial charge is 0.382 e. The number of anilines is 1. The summed E-state index contributed by atoms with van der Waals surface area (Å²) < 4.78 is 1.83. The topological polar surface area (TPSA) is 69.6 Å². The highest BCUT2D eigenvalue weighted by Crippen LogP contribution is 2.29. The molecule has 142 valence electrons. The summed E-state index contributed by atoms with van der Waals surface area (Å²) in [6.45, 7) is 6.31. The number of aryl methyl sites for hydroxylation is 2. The molecule has 0 aliphatic heterocycles. The fraction of sp³-hybridized carbons (Fsp3) is 0.611. The fourth-order valence-corrected chi connectivity index (χ4v) is 3.01. The van der Waals surface area contributed by atoms with E-state index in [1.807, 2.05) is 31.8 Å². The number of nitrogens with two attached hydrogens (primary N) is 1. The lowest BCUT2D eigenvalue weighted by atomic mass is 9.97. The number of nitrogen functional groups attached to an aromatic ring is 1. The Labute approximate surface area is 163 Å². The van der Waals surface area contributed by atoms with Gasteiger partial charge >= 0.3 is 0 Å². The van der Waals surface area contributed by atoms with Crippen molar-refractivity contribution in [2.75, 3.05) is 5.73 Å². The molecule has 0 spiro atoms. The molecule has 0 aromatic carbocycles. The Morgan fingerprint density at radius 3 is 2.24 bits per heavy atom. The van der Waals surface area contributed by atoms with Crippen LogP contribution in [0.25, 0.3) is 11.3 Å². The van der Waals surface area contributed by atoms with Gasteiger partial charge in [-0.3, -0.25) is 4.68 Å². The molecule has 0 radical (unpaired) electrons. The van der Waals surface area contributed by atoms with Crippen LogP contribution in [0.4, 0.5) is 5.82 Å². The van der Waals surface area contributed by atoms with Crippen LogP contribution in [0.15, 0.2) is 6.20 Å². The van der Waals surface area contributed by atoms with Gasteiger partial charge in [0.05, 0.1) is 11.4 Å². The van der Waals surface area contributed by atoms with Crippen LogP contribution < -0.4 is 5.73 Å². The Kier molecular flexibility index (Phi) is 10.7. The van der Waals surface area contributed by atoms with Gasteiger partial charge < -0.3 is 5.73 Å². The highest BCUT2D eigenvalue weighted by atomic mass is 35.5. The normalized spacial score (nSPS) is 10.2. The van der Waals surface area contributed by atoms with Crippen LogP contribution in [-0.4, -0.2) is 20.0 Å². The monoisotopic (exact) mass is 387 g/mol. The van der Waals surface area contributed by atoms with Crippen molar-refractivity contribution in [3.05, 3.63) is 23.0 Å². The molecule has 0 saturated heterocycles. The van der Waals surface area contributed by atoms with E-state index in [1.165, 1.54) is 44.1 Å². The Hall–Kier alpha value is -1.33. The van der Waals surface area contributed by atoms with Gasteiger partial charge in [0, 0.05) is 18.8 Å². The highest BCUT2D eigenvalue weighted by Gasteiger charge is 2.16. The van der Waals surface area contributed by atoms with Crippen molar-refractivity contribution in [3.63, 3.8) is 0 Å². The van der Waals surface area contributed by atoms with Gasteiger partial charge in [0.25, 0.3) is 0 Å². The number of nitrogens with zero attached hydrogens (tertiary/aromatic N) is 4. The molecule has 2 N–H and O–H groups in total. The molecular weight excluding hydrogens is 357 g/mol. The smallest absolute Gasteiger partial charge is 0.149 e. The summed E-state index contributed by atoms with van der Waals surface area (Å²) in [5, 5.41) is 12.9. The molecule has 0 fully saturated rings. The van der Waals surface area contributed by atoms with Crippen LogP contribution in [0.3, 0.4) is 0 Å². The second-order valence-electron chi connectivity index (χ2n) is 6.36.